The van der Waals surface area contributed by atoms with Crippen molar-refractivity contribution in [3.05, 3.63) is 41.5 Å². The first kappa shape index (κ1) is 13.6. The van der Waals surface area contributed by atoms with Crippen LogP contribution < -0.4 is 10.1 Å². The van der Waals surface area contributed by atoms with Gasteiger partial charge in [0.25, 0.3) is 0 Å². The number of rotatable bonds is 2. The van der Waals surface area contributed by atoms with Crippen LogP contribution in [0.25, 0.3) is 0 Å². The molecule has 2 unspecified atom stereocenters. The summed E-state index contributed by atoms with van der Waals surface area (Å²) in [6.07, 6.45) is 2.97. The lowest BCUT2D eigenvalue weighted by Gasteiger charge is -2.21. The van der Waals surface area contributed by atoms with Crippen LogP contribution in [-0.4, -0.2) is 23.7 Å². The molecule has 0 radical (unpaired) electrons. The number of aliphatic hydroxyl groups excluding tert-OH is 1. The molecule has 1 aliphatic heterocycles. The quantitative estimate of drug-likeness (QED) is 0.799. The van der Waals surface area contributed by atoms with Gasteiger partial charge in [0.1, 0.15) is 11.9 Å². The Bertz CT molecular complexity index is 496. The van der Waals surface area contributed by atoms with E-state index in [0.717, 1.165) is 16.9 Å². The molecule has 0 spiro atoms. The highest BCUT2D eigenvalue weighted by Gasteiger charge is 2.28. The Hall–Kier alpha value is -1.81. The fourth-order valence-electron chi connectivity index (χ4n) is 2.30. The molecule has 1 heterocycles. The third kappa shape index (κ3) is 2.96. The first-order chi connectivity index (χ1) is 9.13. The zero-order valence-corrected chi connectivity index (χ0v) is 11.2. The maximum atomic E-state index is 11.6. The van der Waals surface area contributed by atoms with Gasteiger partial charge in [-0.05, 0) is 25.5 Å². The van der Waals surface area contributed by atoms with E-state index < -0.39 is 6.10 Å². The van der Waals surface area contributed by atoms with E-state index in [1.54, 1.807) is 13.0 Å². The van der Waals surface area contributed by atoms with Gasteiger partial charge in [0.05, 0.1) is 12.6 Å². The second-order valence-electron chi connectivity index (χ2n) is 4.69. The summed E-state index contributed by atoms with van der Waals surface area (Å²) < 4.78 is 5.69. The first-order valence-corrected chi connectivity index (χ1v) is 6.47. The molecule has 0 fully saturated rings. The standard InChI is InChI=1S/C15H19NO3/c1-3-5-13(17)16-12-8-9-19-15-10(2)6-4-7-11(15)14(12)18/h3-7,12,14,18H,8-9H2,1-2H3,(H,16,17)/b5-3+. The Morgan fingerprint density at radius 3 is 3.05 bits per heavy atom. The topological polar surface area (TPSA) is 58.6 Å². The molecule has 1 aromatic carbocycles. The van der Waals surface area contributed by atoms with E-state index in [1.807, 2.05) is 25.1 Å². The van der Waals surface area contributed by atoms with Crippen LogP contribution in [0.5, 0.6) is 5.75 Å². The molecule has 19 heavy (non-hydrogen) atoms. The lowest BCUT2D eigenvalue weighted by Crippen LogP contribution is -2.38. The van der Waals surface area contributed by atoms with E-state index >= 15 is 0 Å². The van der Waals surface area contributed by atoms with Gasteiger partial charge >= 0.3 is 0 Å². The number of ether oxygens (including phenoxy) is 1. The average molecular weight is 261 g/mol. The maximum absolute atomic E-state index is 11.6. The number of allylic oxidation sites excluding steroid dienone is 1. The Balaban J connectivity index is 2.23. The van der Waals surface area contributed by atoms with Crippen molar-refractivity contribution in [1.82, 2.24) is 5.32 Å². The Morgan fingerprint density at radius 2 is 2.32 bits per heavy atom. The molecule has 0 saturated heterocycles. The van der Waals surface area contributed by atoms with E-state index in [-0.39, 0.29) is 11.9 Å². The highest BCUT2D eigenvalue weighted by Crippen LogP contribution is 2.34. The van der Waals surface area contributed by atoms with Gasteiger partial charge in [0.15, 0.2) is 0 Å². The van der Waals surface area contributed by atoms with Gasteiger partial charge in [-0.2, -0.15) is 0 Å². The lowest BCUT2D eigenvalue weighted by atomic mass is 9.98. The maximum Gasteiger partial charge on any atom is 0.243 e. The molecule has 0 aromatic heterocycles. The Labute approximate surface area is 113 Å². The summed E-state index contributed by atoms with van der Waals surface area (Å²) in [5.74, 6) is 0.542. The monoisotopic (exact) mass is 261 g/mol. The van der Waals surface area contributed by atoms with Crippen LogP contribution in [0.3, 0.4) is 0 Å². The predicted molar refractivity (Wildman–Crippen MR) is 73.0 cm³/mol. The van der Waals surface area contributed by atoms with E-state index in [0.29, 0.717) is 13.0 Å². The van der Waals surface area contributed by atoms with Crippen LogP contribution in [0.15, 0.2) is 30.4 Å². The van der Waals surface area contributed by atoms with Crippen molar-refractivity contribution < 1.29 is 14.6 Å². The number of para-hydroxylation sites is 1. The third-order valence-corrected chi connectivity index (χ3v) is 3.26. The van der Waals surface area contributed by atoms with Crippen LogP contribution >= 0.6 is 0 Å². The highest BCUT2D eigenvalue weighted by molar-refractivity contribution is 5.87. The number of aliphatic hydroxyl groups is 1. The minimum atomic E-state index is -0.744. The van der Waals surface area contributed by atoms with Crippen LogP contribution in [0.2, 0.25) is 0 Å². The molecule has 4 heteroatoms. The largest absolute Gasteiger partial charge is 0.493 e. The summed E-state index contributed by atoms with van der Waals surface area (Å²) in [5.41, 5.74) is 1.74. The molecule has 1 aliphatic rings. The summed E-state index contributed by atoms with van der Waals surface area (Å²) in [5, 5.41) is 13.2. The Morgan fingerprint density at radius 1 is 1.53 bits per heavy atom. The molecule has 1 aromatic rings. The minimum Gasteiger partial charge on any atom is -0.493 e. The molecule has 0 aliphatic carbocycles. The van der Waals surface area contributed by atoms with Crippen LogP contribution in [0.4, 0.5) is 0 Å². The third-order valence-electron chi connectivity index (χ3n) is 3.26. The molecule has 102 valence electrons. The van der Waals surface area contributed by atoms with Crippen molar-refractivity contribution in [3.63, 3.8) is 0 Å². The van der Waals surface area contributed by atoms with Crippen molar-refractivity contribution in [2.24, 2.45) is 0 Å². The zero-order chi connectivity index (χ0) is 13.8. The molecule has 1 amide bonds. The number of benzene rings is 1. The van der Waals surface area contributed by atoms with E-state index in [9.17, 15) is 9.90 Å². The van der Waals surface area contributed by atoms with Crippen LogP contribution in [-0.2, 0) is 4.79 Å². The van der Waals surface area contributed by atoms with Crippen molar-refractivity contribution in [2.45, 2.75) is 32.4 Å². The number of fused-ring (bicyclic) bond motifs is 1. The number of carbonyl (C=O) groups excluding carboxylic acids is 1. The van der Waals surface area contributed by atoms with Gasteiger partial charge < -0.3 is 15.2 Å². The summed E-state index contributed by atoms with van der Waals surface area (Å²) in [4.78, 5) is 11.6. The molecule has 2 atom stereocenters. The number of aryl methyl sites for hydroxylation is 1. The van der Waals surface area contributed by atoms with Crippen LogP contribution in [0.1, 0.15) is 30.6 Å². The van der Waals surface area contributed by atoms with Crippen molar-refractivity contribution in [1.29, 1.82) is 0 Å². The summed E-state index contributed by atoms with van der Waals surface area (Å²) in [7, 11) is 0. The summed E-state index contributed by atoms with van der Waals surface area (Å²) >= 11 is 0. The number of carbonyl (C=O) groups is 1. The first-order valence-electron chi connectivity index (χ1n) is 6.47. The van der Waals surface area contributed by atoms with Crippen molar-refractivity contribution >= 4 is 5.91 Å². The summed E-state index contributed by atoms with van der Waals surface area (Å²) in [6.45, 7) is 4.21. The number of nitrogens with one attached hydrogen (secondary N) is 1. The smallest absolute Gasteiger partial charge is 0.243 e. The van der Waals surface area contributed by atoms with Gasteiger partial charge in [-0.25, -0.2) is 0 Å². The normalized spacial score (nSPS) is 22.5. The fraction of sp³-hybridized carbons (Fsp3) is 0.400. The lowest BCUT2D eigenvalue weighted by molar-refractivity contribution is -0.118. The van der Waals surface area contributed by atoms with E-state index in [1.165, 1.54) is 6.08 Å². The molecule has 2 rings (SSSR count). The Kier molecular flexibility index (Phi) is 4.22. The molecule has 2 N–H and O–H groups in total. The summed E-state index contributed by atoms with van der Waals surface area (Å²) in [6, 6.07) is 5.35. The molecular formula is C15H19NO3. The average Bonchev–Trinajstić information content (AvgIpc) is 2.53. The number of hydrogen-bond acceptors (Lipinski definition) is 3. The highest BCUT2D eigenvalue weighted by atomic mass is 16.5. The van der Waals surface area contributed by atoms with Gasteiger partial charge in [-0.1, -0.05) is 24.3 Å². The molecule has 0 bridgehead atoms. The molecule has 0 saturated carbocycles. The second kappa shape index (κ2) is 5.89. The van der Waals surface area contributed by atoms with Gasteiger partial charge in [-0.15, -0.1) is 0 Å². The van der Waals surface area contributed by atoms with E-state index in [4.69, 9.17) is 4.74 Å². The molecular weight excluding hydrogens is 242 g/mol. The van der Waals surface area contributed by atoms with Crippen molar-refractivity contribution in [3.8, 4) is 5.75 Å². The fourth-order valence-corrected chi connectivity index (χ4v) is 2.30. The minimum absolute atomic E-state index is 0.192. The zero-order valence-electron chi connectivity index (χ0n) is 11.2. The van der Waals surface area contributed by atoms with Gasteiger partial charge in [-0.3, -0.25) is 4.79 Å². The van der Waals surface area contributed by atoms with Crippen molar-refractivity contribution in [2.75, 3.05) is 6.61 Å². The van der Waals surface area contributed by atoms with Gasteiger partial charge in [0.2, 0.25) is 5.91 Å². The predicted octanol–water partition coefficient (Wildman–Crippen LogP) is 1.87. The van der Waals surface area contributed by atoms with Gasteiger partial charge in [0, 0.05) is 12.0 Å². The molecule has 4 nitrogen and oxygen atoms in total. The second-order valence-corrected chi connectivity index (χ2v) is 4.69. The van der Waals surface area contributed by atoms with Crippen LogP contribution in [0, 0.1) is 6.92 Å². The van der Waals surface area contributed by atoms with E-state index in [2.05, 4.69) is 5.32 Å². The SMILES string of the molecule is C/C=C/C(=O)NC1CCOc2c(C)cccc2C1O. The number of amides is 1. The number of hydrogen-bond donors (Lipinski definition) is 2.